The van der Waals surface area contributed by atoms with Gasteiger partial charge in [-0.15, -0.1) is 0 Å². The summed E-state index contributed by atoms with van der Waals surface area (Å²) in [6, 6.07) is 18.4. The minimum absolute atomic E-state index is 0.127. The molecule has 30 heavy (non-hydrogen) atoms. The van der Waals surface area contributed by atoms with Crippen molar-refractivity contribution in [3.05, 3.63) is 72.3 Å². The summed E-state index contributed by atoms with van der Waals surface area (Å²) in [4.78, 5) is 0.472. The van der Waals surface area contributed by atoms with E-state index >= 15 is 0 Å². The van der Waals surface area contributed by atoms with Gasteiger partial charge in [-0.1, -0.05) is 17.7 Å². The maximum Gasteiger partial charge on any atom is 0.206 e. The van der Waals surface area contributed by atoms with Crippen molar-refractivity contribution in [1.29, 1.82) is 0 Å². The van der Waals surface area contributed by atoms with E-state index < -0.39 is 9.84 Å². The number of rotatable bonds is 8. The van der Waals surface area contributed by atoms with E-state index in [9.17, 15) is 8.42 Å². The predicted molar refractivity (Wildman–Crippen MR) is 111 cm³/mol. The van der Waals surface area contributed by atoms with E-state index in [1.54, 1.807) is 61.7 Å². The molecule has 0 radical (unpaired) electrons. The van der Waals surface area contributed by atoms with Crippen molar-refractivity contribution >= 4 is 9.84 Å². The zero-order valence-electron chi connectivity index (χ0n) is 16.7. The molecule has 3 aromatic carbocycles. The molecular weight excluding hydrogens is 404 g/mol. The van der Waals surface area contributed by atoms with Gasteiger partial charge in [-0.3, -0.25) is 0 Å². The Kier molecular flexibility index (Phi) is 5.65. The third-order valence-corrected chi connectivity index (χ3v) is 6.45. The van der Waals surface area contributed by atoms with Crippen LogP contribution in [-0.2, 0) is 14.6 Å². The van der Waals surface area contributed by atoms with E-state index in [-0.39, 0.29) is 15.9 Å². The Balaban J connectivity index is 1.50. The lowest BCUT2D eigenvalue weighted by molar-refractivity contribution is 0.251. The van der Waals surface area contributed by atoms with Gasteiger partial charge in [0.05, 0.1) is 23.5 Å². The van der Waals surface area contributed by atoms with Crippen LogP contribution in [0.4, 0.5) is 0 Å². The normalized spacial score (nSPS) is 15.5. The number of benzene rings is 3. The molecule has 1 heterocycles. The number of epoxide rings is 1. The molecule has 1 fully saturated rings. The number of hydrogen-bond donors (Lipinski definition) is 0. The van der Waals surface area contributed by atoms with Crippen LogP contribution < -0.4 is 14.2 Å². The Hall–Kier alpha value is -3.03. The zero-order valence-corrected chi connectivity index (χ0v) is 17.5. The van der Waals surface area contributed by atoms with Gasteiger partial charge in [-0.05, 0) is 55.5 Å². The van der Waals surface area contributed by atoms with Gasteiger partial charge in [0.15, 0.2) is 11.5 Å². The van der Waals surface area contributed by atoms with Crippen LogP contribution in [0.5, 0.6) is 23.0 Å². The molecule has 0 N–H and O–H groups in total. The van der Waals surface area contributed by atoms with Gasteiger partial charge in [0, 0.05) is 6.07 Å². The highest BCUT2D eigenvalue weighted by Crippen LogP contribution is 2.34. The molecular formula is C23H22O6S. The van der Waals surface area contributed by atoms with Gasteiger partial charge in [0.25, 0.3) is 0 Å². The summed E-state index contributed by atoms with van der Waals surface area (Å²) in [7, 11) is -2.00. The van der Waals surface area contributed by atoms with Gasteiger partial charge in [0.2, 0.25) is 9.84 Å². The predicted octanol–water partition coefficient (Wildman–Crippen LogP) is 4.41. The van der Waals surface area contributed by atoms with Gasteiger partial charge in [0.1, 0.15) is 24.2 Å². The number of aryl methyl sites for hydroxylation is 1. The van der Waals surface area contributed by atoms with Gasteiger partial charge < -0.3 is 18.9 Å². The molecule has 1 unspecified atom stereocenters. The smallest absolute Gasteiger partial charge is 0.206 e. The topological polar surface area (TPSA) is 74.4 Å². The van der Waals surface area contributed by atoms with Crippen LogP contribution in [0, 0.1) is 6.92 Å². The monoisotopic (exact) mass is 426 g/mol. The Morgan fingerprint density at radius 2 is 1.50 bits per heavy atom. The Bertz CT molecular complexity index is 1120. The highest BCUT2D eigenvalue weighted by atomic mass is 32.2. The molecule has 0 bridgehead atoms. The van der Waals surface area contributed by atoms with Crippen LogP contribution >= 0.6 is 0 Å². The number of sulfone groups is 1. The second-order valence-electron chi connectivity index (χ2n) is 6.97. The van der Waals surface area contributed by atoms with Crippen molar-refractivity contribution < 1.29 is 27.4 Å². The van der Waals surface area contributed by atoms with E-state index in [4.69, 9.17) is 18.9 Å². The summed E-state index contributed by atoms with van der Waals surface area (Å²) in [5, 5.41) is 0. The average Bonchev–Trinajstić information content (AvgIpc) is 3.58. The lowest BCUT2D eigenvalue weighted by atomic mass is 10.2. The van der Waals surface area contributed by atoms with Crippen LogP contribution in [0.3, 0.4) is 0 Å². The van der Waals surface area contributed by atoms with Crippen molar-refractivity contribution in [3.8, 4) is 23.0 Å². The molecule has 0 spiro atoms. The lowest BCUT2D eigenvalue weighted by Gasteiger charge is -2.13. The van der Waals surface area contributed by atoms with E-state index in [1.165, 1.54) is 12.1 Å². The molecule has 0 amide bonds. The molecule has 0 aromatic heterocycles. The maximum absolute atomic E-state index is 12.8. The zero-order chi connectivity index (χ0) is 21.1. The molecule has 156 valence electrons. The van der Waals surface area contributed by atoms with E-state index in [2.05, 4.69) is 0 Å². The minimum atomic E-state index is -3.57. The van der Waals surface area contributed by atoms with Crippen molar-refractivity contribution in [3.63, 3.8) is 0 Å². The SMILES string of the molecule is COc1ccc(Oc2ccc(S(=O)(=O)c3ccc(C)cc3)cc2)cc1OCC1CO1. The summed E-state index contributed by atoms with van der Waals surface area (Å²) in [6.07, 6.45) is 0.127. The van der Waals surface area contributed by atoms with E-state index in [0.29, 0.717) is 36.2 Å². The minimum Gasteiger partial charge on any atom is -0.493 e. The Morgan fingerprint density at radius 3 is 2.10 bits per heavy atom. The first-order valence-corrected chi connectivity index (χ1v) is 11.0. The molecule has 1 atom stereocenters. The van der Waals surface area contributed by atoms with Crippen molar-refractivity contribution in [2.24, 2.45) is 0 Å². The van der Waals surface area contributed by atoms with Crippen LogP contribution in [0.25, 0.3) is 0 Å². The van der Waals surface area contributed by atoms with Crippen molar-refractivity contribution in [1.82, 2.24) is 0 Å². The molecule has 1 saturated heterocycles. The molecule has 0 aliphatic carbocycles. The van der Waals surface area contributed by atoms with Crippen molar-refractivity contribution in [2.75, 3.05) is 20.3 Å². The molecule has 4 rings (SSSR count). The second-order valence-corrected chi connectivity index (χ2v) is 8.92. The summed E-state index contributed by atoms with van der Waals surface area (Å²) in [5.74, 6) is 2.22. The third-order valence-electron chi connectivity index (χ3n) is 4.66. The fourth-order valence-electron chi connectivity index (χ4n) is 2.86. The lowest BCUT2D eigenvalue weighted by Crippen LogP contribution is -2.05. The first kappa shape index (κ1) is 20.3. The number of hydrogen-bond acceptors (Lipinski definition) is 6. The molecule has 6 nitrogen and oxygen atoms in total. The average molecular weight is 426 g/mol. The van der Waals surface area contributed by atoms with E-state index in [0.717, 1.165) is 5.56 Å². The number of methoxy groups -OCH3 is 1. The molecule has 3 aromatic rings. The molecule has 1 aliphatic heterocycles. The summed E-state index contributed by atoms with van der Waals surface area (Å²) >= 11 is 0. The van der Waals surface area contributed by atoms with Crippen LogP contribution in [0.1, 0.15) is 5.56 Å². The first-order chi connectivity index (χ1) is 14.5. The summed E-state index contributed by atoms with van der Waals surface area (Å²) < 4.78 is 47.6. The van der Waals surface area contributed by atoms with Gasteiger partial charge in [-0.25, -0.2) is 8.42 Å². The maximum atomic E-state index is 12.8. The molecule has 1 aliphatic rings. The quantitative estimate of drug-likeness (QED) is 0.497. The van der Waals surface area contributed by atoms with Gasteiger partial charge >= 0.3 is 0 Å². The first-order valence-electron chi connectivity index (χ1n) is 9.48. The van der Waals surface area contributed by atoms with Crippen LogP contribution in [-0.4, -0.2) is 34.8 Å². The highest BCUT2D eigenvalue weighted by molar-refractivity contribution is 7.91. The second kappa shape index (κ2) is 8.38. The van der Waals surface area contributed by atoms with Gasteiger partial charge in [-0.2, -0.15) is 0 Å². The highest BCUT2D eigenvalue weighted by Gasteiger charge is 2.24. The van der Waals surface area contributed by atoms with Crippen LogP contribution in [0.2, 0.25) is 0 Å². The van der Waals surface area contributed by atoms with Crippen LogP contribution in [0.15, 0.2) is 76.5 Å². The summed E-state index contributed by atoms with van der Waals surface area (Å²) in [6.45, 7) is 3.07. The Morgan fingerprint density at radius 1 is 0.900 bits per heavy atom. The van der Waals surface area contributed by atoms with E-state index in [1.807, 2.05) is 6.92 Å². The largest absolute Gasteiger partial charge is 0.493 e. The standard InChI is InChI=1S/C23H22O6S/c1-16-3-8-20(9-4-16)30(24,25)21-10-5-17(6-11-21)29-18-7-12-22(26-2)23(13-18)28-15-19-14-27-19/h3-13,19H,14-15H2,1-2H3. The fourth-order valence-corrected chi connectivity index (χ4v) is 4.12. The fraction of sp³-hybridized carbons (Fsp3) is 0.217. The molecule has 0 saturated carbocycles. The van der Waals surface area contributed by atoms with Crippen molar-refractivity contribution in [2.45, 2.75) is 22.8 Å². The molecule has 7 heteroatoms. The third kappa shape index (κ3) is 4.58. The summed E-state index contributed by atoms with van der Waals surface area (Å²) in [5.41, 5.74) is 1.00. The number of ether oxygens (including phenoxy) is 4. The Labute approximate surface area is 175 Å².